The van der Waals surface area contributed by atoms with E-state index in [1.807, 2.05) is 6.92 Å². The Morgan fingerprint density at radius 2 is 1.93 bits per heavy atom. The molecule has 2 aromatic heterocycles. The van der Waals surface area contributed by atoms with Crippen molar-refractivity contribution in [3.63, 3.8) is 0 Å². The smallest absolute Gasteiger partial charge is 0.368 e. The Kier molecular flexibility index (Phi) is 5.10. The topological polar surface area (TPSA) is 119 Å². The first-order valence-electron chi connectivity index (χ1n) is 8.32. The van der Waals surface area contributed by atoms with Gasteiger partial charge in [-0.1, -0.05) is 6.07 Å². The molecule has 11 heteroatoms. The molecule has 0 spiro atoms. The number of nitrogens with zero attached hydrogens (tertiary/aromatic N) is 4. The summed E-state index contributed by atoms with van der Waals surface area (Å²) in [4.78, 5) is 27.0. The molecular weight excluding hydrogens is 363 g/mol. The van der Waals surface area contributed by atoms with Gasteiger partial charge in [-0.2, -0.15) is 28.1 Å². The van der Waals surface area contributed by atoms with Crippen molar-refractivity contribution in [1.29, 1.82) is 0 Å². The molecule has 0 aromatic carbocycles. The summed E-state index contributed by atoms with van der Waals surface area (Å²) in [5.74, 6) is 0.0246. The van der Waals surface area contributed by atoms with Crippen LogP contribution in [0.2, 0.25) is 0 Å². The summed E-state index contributed by atoms with van der Waals surface area (Å²) in [6.07, 6.45) is -2.40. The molecule has 4 N–H and O–H groups in total. The van der Waals surface area contributed by atoms with Gasteiger partial charge >= 0.3 is 6.18 Å². The molecule has 1 amide bonds. The van der Waals surface area contributed by atoms with Gasteiger partial charge in [-0.3, -0.25) is 4.79 Å². The maximum atomic E-state index is 12.9. The zero-order valence-electron chi connectivity index (χ0n) is 14.4. The van der Waals surface area contributed by atoms with Gasteiger partial charge in [0.25, 0.3) is 0 Å². The Morgan fingerprint density at radius 1 is 1.22 bits per heavy atom. The van der Waals surface area contributed by atoms with Crippen LogP contribution in [0.4, 0.5) is 25.1 Å². The fourth-order valence-electron chi connectivity index (χ4n) is 2.44. The van der Waals surface area contributed by atoms with E-state index in [0.717, 1.165) is 18.9 Å². The van der Waals surface area contributed by atoms with Crippen molar-refractivity contribution in [1.82, 2.24) is 19.9 Å². The largest absolute Gasteiger partial charge is 0.433 e. The van der Waals surface area contributed by atoms with Crippen molar-refractivity contribution in [2.75, 3.05) is 17.2 Å². The Hall–Kier alpha value is -2.98. The zero-order valence-corrected chi connectivity index (χ0v) is 14.4. The van der Waals surface area contributed by atoms with Crippen molar-refractivity contribution in [2.45, 2.75) is 32.0 Å². The second-order valence-electron chi connectivity index (χ2n) is 6.30. The number of primary amides is 1. The van der Waals surface area contributed by atoms with Gasteiger partial charge in [-0.25, -0.2) is 4.98 Å². The van der Waals surface area contributed by atoms with Crippen molar-refractivity contribution in [3.8, 4) is 11.5 Å². The standard InChI is InChI=1S/C16H18F3N7O/c1-8(9-5-6-9)22-15-25-13(24-14(26-15)21-7-12(20)27)10-3-2-4-11(23-10)16(17,18)19/h2-4,8-9H,5-7H2,1H3,(H2,20,27)(H2,21,22,24,25,26)/t8-/m1/s1. The van der Waals surface area contributed by atoms with Gasteiger partial charge in [-0.05, 0) is 37.8 Å². The number of pyridine rings is 1. The molecule has 1 aliphatic carbocycles. The number of anilines is 2. The third kappa shape index (κ3) is 5.02. The first kappa shape index (κ1) is 18.8. The van der Waals surface area contributed by atoms with E-state index < -0.39 is 17.8 Å². The highest BCUT2D eigenvalue weighted by Crippen LogP contribution is 2.34. The molecule has 0 bridgehead atoms. The molecule has 1 atom stereocenters. The number of hydrogen-bond donors (Lipinski definition) is 3. The lowest BCUT2D eigenvalue weighted by Gasteiger charge is -2.14. The van der Waals surface area contributed by atoms with Crippen molar-refractivity contribution < 1.29 is 18.0 Å². The maximum Gasteiger partial charge on any atom is 0.433 e. The molecule has 1 saturated carbocycles. The molecule has 3 rings (SSSR count). The monoisotopic (exact) mass is 381 g/mol. The summed E-state index contributed by atoms with van der Waals surface area (Å²) in [6.45, 7) is 1.75. The average Bonchev–Trinajstić information content (AvgIpc) is 3.44. The van der Waals surface area contributed by atoms with E-state index >= 15 is 0 Å². The minimum Gasteiger partial charge on any atom is -0.368 e. The van der Waals surface area contributed by atoms with Gasteiger partial charge in [0.2, 0.25) is 17.8 Å². The zero-order chi connectivity index (χ0) is 19.6. The number of nitrogens with one attached hydrogen (secondary N) is 2. The normalized spacial score (nSPS) is 15.3. The minimum absolute atomic E-state index is 0.0171. The van der Waals surface area contributed by atoms with E-state index in [2.05, 4.69) is 30.6 Å². The lowest BCUT2D eigenvalue weighted by molar-refractivity contribution is -0.141. The van der Waals surface area contributed by atoms with Crippen LogP contribution in [-0.2, 0) is 11.0 Å². The fraction of sp³-hybridized carbons (Fsp3) is 0.438. The van der Waals surface area contributed by atoms with E-state index in [1.165, 1.54) is 12.1 Å². The van der Waals surface area contributed by atoms with Gasteiger partial charge in [0.1, 0.15) is 11.4 Å². The molecule has 144 valence electrons. The number of halogens is 3. The molecule has 0 aliphatic heterocycles. The Labute approximate surface area is 152 Å². The second kappa shape index (κ2) is 7.33. The third-order valence-corrected chi connectivity index (χ3v) is 4.01. The highest BCUT2D eigenvalue weighted by atomic mass is 19.4. The van der Waals surface area contributed by atoms with E-state index in [1.54, 1.807) is 0 Å². The van der Waals surface area contributed by atoms with Crippen LogP contribution < -0.4 is 16.4 Å². The molecule has 8 nitrogen and oxygen atoms in total. The highest BCUT2D eigenvalue weighted by molar-refractivity contribution is 5.78. The Morgan fingerprint density at radius 3 is 2.56 bits per heavy atom. The van der Waals surface area contributed by atoms with Gasteiger partial charge < -0.3 is 16.4 Å². The van der Waals surface area contributed by atoms with Crippen LogP contribution in [0.25, 0.3) is 11.5 Å². The number of aromatic nitrogens is 4. The average molecular weight is 381 g/mol. The minimum atomic E-state index is -4.59. The second-order valence-corrected chi connectivity index (χ2v) is 6.30. The number of hydrogen-bond acceptors (Lipinski definition) is 7. The van der Waals surface area contributed by atoms with Crippen molar-refractivity contribution >= 4 is 17.8 Å². The van der Waals surface area contributed by atoms with E-state index in [4.69, 9.17) is 5.73 Å². The fourth-order valence-corrected chi connectivity index (χ4v) is 2.44. The maximum absolute atomic E-state index is 12.9. The predicted octanol–water partition coefficient (Wildman–Crippen LogP) is 2.06. The number of alkyl halides is 3. The Bertz CT molecular complexity index is 839. The molecule has 0 unspecified atom stereocenters. The quantitative estimate of drug-likeness (QED) is 0.672. The summed E-state index contributed by atoms with van der Waals surface area (Å²) < 4.78 is 38.8. The highest BCUT2D eigenvalue weighted by Gasteiger charge is 2.33. The van der Waals surface area contributed by atoms with Crippen LogP contribution in [-0.4, -0.2) is 38.4 Å². The van der Waals surface area contributed by atoms with E-state index in [-0.39, 0.29) is 36.0 Å². The van der Waals surface area contributed by atoms with Crippen molar-refractivity contribution in [2.24, 2.45) is 11.7 Å². The first-order chi connectivity index (χ1) is 12.7. The molecule has 27 heavy (non-hydrogen) atoms. The summed E-state index contributed by atoms with van der Waals surface area (Å²) in [5.41, 5.74) is 3.99. The summed E-state index contributed by atoms with van der Waals surface area (Å²) in [7, 11) is 0. The lowest BCUT2D eigenvalue weighted by atomic mass is 10.2. The molecule has 1 aliphatic rings. The number of nitrogens with two attached hydrogens (primary N) is 1. The summed E-state index contributed by atoms with van der Waals surface area (Å²) in [6, 6.07) is 3.56. The molecule has 0 saturated heterocycles. The molecule has 2 aromatic rings. The van der Waals surface area contributed by atoms with Crippen LogP contribution in [0, 0.1) is 5.92 Å². The van der Waals surface area contributed by atoms with Gasteiger partial charge in [0.15, 0.2) is 5.82 Å². The summed E-state index contributed by atoms with van der Waals surface area (Å²) >= 11 is 0. The van der Waals surface area contributed by atoms with Gasteiger partial charge in [-0.15, -0.1) is 0 Å². The van der Waals surface area contributed by atoms with Crippen LogP contribution in [0.5, 0.6) is 0 Å². The van der Waals surface area contributed by atoms with Gasteiger partial charge in [0.05, 0.1) is 6.54 Å². The Balaban J connectivity index is 1.94. The van der Waals surface area contributed by atoms with Crippen LogP contribution >= 0.6 is 0 Å². The summed E-state index contributed by atoms with van der Waals surface area (Å²) in [5, 5.41) is 5.75. The van der Waals surface area contributed by atoms with Crippen LogP contribution in [0.15, 0.2) is 18.2 Å². The molecule has 2 heterocycles. The predicted molar refractivity (Wildman–Crippen MR) is 91.6 cm³/mol. The number of amides is 1. The number of carbonyl (C=O) groups is 1. The van der Waals surface area contributed by atoms with Crippen LogP contribution in [0.3, 0.4) is 0 Å². The molecule has 0 radical (unpaired) electrons. The van der Waals surface area contributed by atoms with E-state index in [0.29, 0.717) is 5.92 Å². The number of carbonyl (C=O) groups excluding carboxylic acids is 1. The van der Waals surface area contributed by atoms with Crippen LogP contribution in [0.1, 0.15) is 25.5 Å². The van der Waals surface area contributed by atoms with Crippen molar-refractivity contribution in [3.05, 3.63) is 23.9 Å². The third-order valence-electron chi connectivity index (χ3n) is 4.01. The first-order valence-corrected chi connectivity index (χ1v) is 8.32. The van der Waals surface area contributed by atoms with E-state index in [9.17, 15) is 18.0 Å². The SMILES string of the molecule is C[C@@H](Nc1nc(NCC(N)=O)nc(-c2cccc(C(F)(F)F)n2)n1)C1CC1. The molecule has 1 fully saturated rings. The number of rotatable bonds is 7. The van der Waals surface area contributed by atoms with Gasteiger partial charge in [0, 0.05) is 6.04 Å². The molecular formula is C16H18F3N7O. The lowest BCUT2D eigenvalue weighted by Crippen LogP contribution is -2.24.